The zero-order valence-corrected chi connectivity index (χ0v) is 8.70. The molecule has 78 valence electrons. The number of benzene rings is 1. The summed E-state index contributed by atoms with van der Waals surface area (Å²) in [6, 6.07) is 8.51. The van der Waals surface area contributed by atoms with Crippen LogP contribution < -0.4 is 10.2 Å². The Bertz CT molecular complexity index is 394. The maximum absolute atomic E-state index is 11.8. The number of nitrogens with one attached hydrogen (secondary N) is 1. The summed E-state index contributed by atoms with van der Waals surface area (Å²) in [5.74, 6) is -0.214. The second-order valence-corrected chi connectivity index (χ2v) is 3.58. The summed E-state index contributed by atoms with van der Waals surface area (Å²) < 4.78 is 0. The molecule has 0 radical (unpaired) electrons. The molecule has 1 amide bonds. The predicted molar refractivity (Wildman–Crippen MR) is 60.5 cm³/mol. The topological polar surface area (TPSA) is 52.6 Å². The van der Waals surface area contributed by atoms with E-state index in [9.17, 15) is 4.79 Å². The largest absolute Gasteiger partial charge is 0.394 e. The fourth-order valence-corrected chi connectivity index (χ4v) is 1.81. The van der Waals surface area contributed by atoms with Gasteiger partial charge >= 0.3 is 0 Å². The lowest BCUT2D eigenvalue weighted by Crippen LogP contribution is -2.33. The first-order valence-electron chi connectivity index (χ1n) is 4.54. The van der Waals surface area contributed by atoms with Crippen LogP contribution in [0.25, 0.3) is 0 Å². The Morgan fingerprint density at radius 3 is 2.60 bits per heavy atom. The molecule has 1 aliphatic rings. The fourth-order valence-electron chi connectivity index (χ4n) is 1.48. The standard InChI is InChI=1S/C10H10N2O2S/c13-6-8-9(14)12(10(15)11-8)7-4-2-1-3-5-7/h1-5,8,13H,6H2,(H,11,15). The highest BCUT2D eigenvalue weighted by Crippen LogP contribution is 2.18. The Morgan fingerprint density at radius 2 is 2.07 bits per heavy atom. The van der Waals surface area contributed by atoms with E-state index < -0.39 is 6.04 Å². The van der Waals surface area contributed by atoms with E-state index in [2.05, 4.69) is 5.32 Å². The van der Waals surface area contributed by atoms with Crippen LogP contribution in [-0.4, -0.2) is 28.8 Å². The van der Waals surface area contributed by atoms with Crippen LogP contribution in [0.5, 0.6) is 0 Å². The van der Waals surface area contributed by atoms with Gasteiger partial charge in [-0.1, -0.05) is 18.2 Å². The highest BCUT2D eigenvalue weighted by Gasteiger charge is 2.35. The number of anilines is 1. The van der Waals surface area contributed by atoms with Crippen molar-refractivity contribution < 1.29 is 9.90 Å². The molecule has 1 atom stereocenters. The predicted octanol–water partition coefficient (Wildman–Crippen LogP) is 0.269. The number of para-hydroxylation sites is 1. The van der Waals surface area contributed by atoms with E-state index in [1.54, 1.807) is 12.1 Å². The molecule has 2 rings (SSSR count). The van der Waals surface area contributed by atoms with Gasteiger partial charge in [0.05, 0.1) is 12.3 Å². The van der Waals surface area contributed by atoms with Crippen LogP contribution in [0.1, 0.15) is 0 Å². The van der Waals surface area contributed by atoms with Crippen molar-refractivity contribution in [2.24, 2.45) is 0 Å². The van der Waals surface area contributed by atoms with Gasteiger partial charge in [0.25, 0.3) is 5.91 Å². The lowest BCUT2D eigenvalue weighted by molar-refractivity contribution is -0.119. The second kappa shape index (κ2) is 3.96. The zero-order chi connectivity index (χ0) is 10.8. The van der Waals surface area contributed by atoms with Crippen LogP contribution in [0.2, 0.25) is 0 Å². The maximum atomic E-state index is 11.8. The molecule has 2 N–H and O–H groups in total. The number of nitrogens with zero attached hydrogens (tertiary/aromatic N) is 1. The molecule has 1 heterocycles. The normalized spacial score (nSPS) is 20.6. The van der Waals surface area contributed by atoms with E-state index in [0.717, 1.165) is 5.69 Å². The van der Waals surface area contributed by atoms with Crippen molar-refractivity contribution >= 4 is 28.9 Å². The Hall–Kier alpha value is -1.46. The molecule has 0 saturated carbocycles. The number of carbonyl (C=O) groups excluding carboxylic acids is 1. The van der Waals surface area contributed by atoms with Crippen molar-refractivity contribution in [2.75, 3.05) is 11.5 Å². The van der Waals surface area contributed by atoms with Crippen molar-refractivity contribution in [3.8, 4) is 0 Å². The van der Waals surface area contributed by atoms with Gasteiger partial charge in [0.1, 0.15) is 6.04 Å². The third-order valence-corrected chi connectivity index (χ3v) is 2.52. The number of thiocarbonyl (C=S) groups is 1. The van der Waals surface area contributed by atoms with E-state index in [0.29, 0.717) is 5.11 Å². The van der Waals surface area contributed by atoms with Gasteiger partial charge in [-0.2, -0.15) is 0 Å². The van der Waals surface area contributed by atoms with Crippen molar-refractivity contribution in [2.45, 2.75) is 6.04 Å². The molecule has 5 heteroatoms. The lowest BCUT2D eigenvalue weighted by Gasteiger charge is -2.14. The number of rotatable bonds is 2. The van der Waals surface area contributed by atoms with Crippen molar-refractivity contribution in [3.05, 3.63) is 30.3 Å². The van der Waals surface area contributed by atoms with Gasteiger partial charge in [0, 0.05) is 0 Å². The van der Waals surface area contributed by atoms with Gasteiger partial charge in [-0.05, 0) is 24.4 Å². The summed E-state index contributed by atoms with van der Waals surface area (Å²) in [5, 5.41) is 12.0. The molecule has 15 heavy (non-hydrogen) atoms. The minimum absolute atomic E-state index is 0.214. The molecule has 0 aromatic heterocycles. The Kier molecular flexibility index (Phi) is 2.66. The fraction of sp³-hybridized carbons (Fsp3) is 0.200. The van der Waals surface area contributed by atoms with Crippen molar-refractivity contribution in [1.29, 1.82) is 0 Å². The van der Waals surface area contributed by atoms with Crippen LogP contribution >= 0.6 is 12.2 Å². The molecule has 0 aliphatic carbocycles. The van der Waals surface area contributed by atoms with E-state index in [1.165, 1.54) is 4.90 Å². The summed E-state index contributed by atoms with van der Waals surface area (Å²) in [4.78, 5) is 13.2. The minimum atomic E-state index is -0.613. The molecule has 1 saturated heterocycles. The third kappa shape index (κ3) is 1.71. The van der Waals surface area contributed by atoms with E-state index in [4.69, 9.17) is 17.3 Å². The highest BCUT2D eigenvalue weighted by atomic mass is 32.1. The molecular formula is C10H10N2O2S. The lowest BCUT2D eigenvalue weighted by atomic mass is 10.2. The van der Waals surface area contributed by atoms with E-state index in [-0.39, 0.29) is 12.5 Å². The SMILES string of the molecule is O=C1C(CO)NC(=S)N1c1ccccc1. The number of aliphatic hydroxyl groups excluding tert-OH is 1. The Balaban J connectivity index is 2.31. The molecule has 0 spiro atoms. The molecule has 1 aromatic rings. The highest BCUT2D eigenvalue weighted by molar-refractivity contribution is 7.80. The average Bonchev–Trinajstić information content (AvgIpc) is 2.55. The maximum Gasteiger partial charge on any atom is 0.258 e. The van der Waals surface area contributed by atoms with Gasteiger partial charge in [-0.25, -0.2) is 0 Å². The molecule has 1 fully saturated rings. The van der Waals surface area contributed by atoms with Gasteiger partial charge in [-0.15, -0.1) is 0 Å². The average molecular weight is 222 g/mol. The quantitative estimate of drug-likeness (QED) is 0.705. The summed E-state index contributed by atoms with van der Waals surface area (Å²) in [6.07, 6.45) is 0. The first kappa shape index (κ1) is 10.1. The smallest absolute Gasteiger partial charge is 0.258 e. The summed E-state index contributed by atoms with van der Waals surface area (Å²) in [6.45, 7) is -0.248. The monoisotopic (exact) mass is 222 g/mol. The van der Waals surface area contributed by atoms with Crippen molar-refractivity contribution in [3.63, 3.8) is 0 Å². The van der Waals surface area contributed by atoms with Crippen LogP contribution in [-0.2, 0) is 4.79 Å². The molecular weight excluding hydrogens is 212 g/mol. The van der Waals surface area contributed by atoms with Gasteiger partial charge in [0.2, 0.25) is 0 Å². The van der Waals surface area contributed by atoms with Crippen LogP contribution in [0.3, 0.4) is 0 Å². The number of hydrogen-bond acceptors (Lipinski definition) is 3. The molecule has 1 aromatic carbocycles. The number of hydrogen-bond donors (Lipinski definition) is 2. The summed E-state index contributed by atoms with van der Waals surface area (Å²) in [7, 11) is 0. The minimum Gasteiger partial charge on any atom is -0.394 e. The Morgan fingerprint density at radius 1 is 1.40 bits per heavy atom. The number of carbonyl (C=O) groups is 1. The number of aliphatic hydroxyl groups is 1. The summed E-state index contributed by atoms with van der Waals surface area (Å²) >= 11 is 5.03. The molecule has 1 aliphatic heterocycles. The molecule has 1 unspecified atom stereocenters. The third-order valence-electron chi connectivity index (χ3n) is 2.22. The second-order valence-electron chi connectivity index (χ2n) is 3.19. The van der Waals surface area contributed by atoms with E-state index >= 15 is 0 Å². The van der Waals surface area contributed by atoms with Crippen molar-refractivity contribution in [1.82, 2.24) is 5.32 Å². The first-order valence-corrected chi connectivity index (χ1v) is 4.95. The first-order chi connectivity index (χ1) is 7.24. The Labute approximate surface area is 92.5 Å². The van der Waals surface area contributed by atoms with Gasteiger partial charge in [0.15, 0.2) is 5.11 Å². The molecule has 0 bridgehead atoms. The van der Waals surface area contributed by atoms with E-state index in [1.807, 2.05) is 18.2 Å². The van der Waals surface area contributed by atoms with Gasteiger partial charge in [-0.3, -0.25) is 9.69 Å². The van der Waals surface area contributed by atoms with Crippen LogP contribution in [0.15, 0.2) is 30.3 Å². The zero-order valence-electron chi connectivity index (χ0n) is 7.88. The number of amides is 1. The van der Waals surface area contributed by atoms with Gasteiger partial charge < -0.3 is 10.4 Å². The summed E-state index contributed by atoms with van der Waals surface area (Å²) in [5.41, 5.74) is 0.718. The van der Waals surface area contributed by atoms with Crippen LogP contribution in [0.4, 0.5) is 5.69 Å². The van der Waals surface area contributed by atoms with Crippen LogP contribution in [0, 0.1) is 0 Å². The molecule has 4 nitrogen and oxygen atoms in total.